The molecule has 5 nitrogen and oxygen atoms in total. The van der Waals surface area contributed by atoms with Gasteiger partial charge in [-0.05, 0) is 36.2 Å². The molecule has 0 saturated carbocycles. The van der Waals surface area contributed by atoms with Gasteiger partial charge in [0.05, 0.1) is 10.6 Å². The molecule has 2 rings (SSSR count). The number of rotatable bonds is 6. The molecule has 1 amide bonds. The SMILES string of the molecule is CC(C)CNS(=O)(=O)c1cccc(C(=O)Nc2ccc(F)cc2F)c1. The molecule has 0 bridgehead atoms. The van der Waals surface area contributed by atoms with Gasteiger partial charge in [-0.1, -0.05) is 19.9 Å². The lowest BCUT2D eigenvalue weighted by Crippen LogP contribution is -2.27. The Morgan fingerprint density at radius 1 is 1.12 bits per heavy atom. The maximum absolute atomic E-state index is 13.6. The molecule has 0 aliphatic heterocycles. The van der Waals surface area contributed by atoms with Crippen LogP contribution in [0.2, 0.25) is 0 Å². The fourth-order valence-electron chi connectivity index (χ4n) is 1.95. The van der Waals surface area contributed by atoms with Crippen LogP contribution in [-0.2, 0) is 10.0 Å². The summed E-state index contributed by atoms with van der Waals surface area (Å²) in [4.78, 5) is 12.1. The molecular formula is C17H18F2N2O3S. The monoisotopic (exact) mass is 368 g/mol. The first kappa shape index (κ1) is 19.0. The standard InChI is InChI=1S/C17H18F2N2O3S/c1-11(2)10-20-25(23,24)14-5-3-4-12(8-14)17(22)21-16-7-6-13(18)9-15(16)19/h3-9,11,20H,10H2,1-2H3,(H,21,22). The van der Waals surface area contributed by atoms with Gasteiger partial charge in [0.1, 0.15) is 11.6 Å². The molecule has 0 heterocycles. The number of sulfonamides is 1. The maximum atomic E-state index is 13.6. The molecule has 2 aromatic rings. The first-order valence-electron chi connectivity index (χ1n) is 7.55. The Kier molecular flexibility index (Phi) is 5.86. The zero-order valence-electron chi connectivity index (χ0n) is 13.7. The molecule has 0 saturated heterocycles. The largest absolute Gasteiger partial charge is 0.319 e. The van der Waals surface area contributed by atoms with E-state index in [9.17, 15) is 22.0 Å². The van der Waals surface area contributed by atoms with Gasteiger partial charge < -0.3 is 5.32 Å². The molecule has 0 fully saturated rings. The molecule has 8 heteroatoms. The van der Waals surface area contributed by atoms with Crippen LogP contribution in [0.1, 0.15) is 24.2 Å². The second-order valence-electron chi connectivity index (χ2n) is 5.85. The van der Waals surface area contributed by atoms with Crippen LogP contribution in [0, 0.1) is 17.6 Å². The molecule has 0 aliphatic carbocycles. The molecular weight excluding hydrogens is 350 g/mol. The number of halogens is 2. The molecule has 0 aromatic heterocycles. The van der Waals surface area contributed by atoms with Crippen LogP contribution in [0.5, 0.6) is 0 Å². The van der Waals surface area contributed by atoms with E-state index in [2.05, 4.69) is 10.0 Å². The number of hydrogen-bond acceptors (Lipinski definition) is 3. The van der Waals surface area contributed by atoms with Crippen molar-refractivity contribution < 1.29 is 22.0 Å². The van der Waals surface area contributed by atoms with Crippen LogP contribution >= 0.6 is 0 Å². The molecule has 2 N–H and O–H groups in total. The minimum absolute atomic E-state index is 0.0381. The fraction of sp³-hybridized carbons (Fsp3) is 0.235. The lowest BCUT2D eigenvalue weighted by Gasteiger charge is -2.10. The van der Waals surface area contributed by atoms with Gasteiger partial charge in [0.15, 0.2) is 0 Å². The molecule has 0 radical (unpaired) electrons. The van der Waals surface area contributed by atoms with E-state index in [0.717, 1.165) is 12.1 Å². The first-order chi connectivity index (χ1) is 11.7. The van der Waals surface area contributed by atoms with E-state index in [1.54, 1.807) is 0 Å². The Bertz CT molecular complexity index is 883. The molecule has 0 spiro atoms. The fourth-order valence-corrected chi connectivity index (χ4v) is 3.21. The zero-order chi connectivity index (χ0) is 18.6. The van der Waals surface area contributed by atoms with Gasteiger partial charge in [-0.2, -0.15) is 0 Å². The third kappa shape index (κ3) is 5.07. The van der Waals surface area contributed by atoms with Gasteiger partial charge in [0, 0.05) is 18.2 Å². The van der Waals surface area contributed by atoms with Crippen molar-refractivity contribution in [1.82, 2.24) is 4.72 Å². The summed E-state index contributed by atoms with van der Waals surface area (Å²) in [6, 6.07) is 8.12. The normalized spacial score (nSPS) is 11.6. The van der Waals surface area contributed by atoms with Crippen LogP contribution in [0.25, 0.3) is 0 Å². The van der Waals surface area contributed by atoms with E-state index in [1.807, 2.05) is 13.8 Å². The molecule has 25 heavy (non-hydrogen) atoms. The second kappa shape index (κ2) is 7.71. The summed E-state index contributed by atoms with van der Waals surface area (Å²) in [5, 5.41) is 2.29. The number of benzene rings is 2. The lowest BCUT2D eigenvalue weighted by atomic mass is 10.2. The van der Waals surface area contributed by atoms with Gasteiger partial charge in [-0.25, -0.2) is 21.9 Å². The molecule has 2 aromatic carbocycles. The van der Waals surface area contributed by atoms with Crippen molar-refractivity contribution in [2.45, 2.75) is 18.7 Å². The van der Waals surface area contributed by atoms with Crippen LogP contribution in [-0.4, -0.2) is 20.9 Å². The summed E-state index contributed by atoms with van der Waals surface area (Å²) in [7, 11) is -3.75. The number of nitrogens with one attached hydrogen (secondary N) is 2. The number of amides is 1. The number of carbonyl (C=O) groups is 1. The van der Waals surface area contributed by atoms with Crippen LogP contribution in [0.15, 0.2) is 47.4 Å². The van der Waals surface area contributed by atoms with Crippen molar-refractivity contribution in [1.29, 1.82) is 0 Å². The van der Waals surface area contributed by atoms with Gasteiger partial charge in [0.25, 0.3) is 5.91 Å². The van der Waals surface area contributed by atoms with E-state index in [1.165, 1.54) is 24.3 Å². The Morgan fingerprint density at radius 2 is 1.84 bits per heavy atom. The Hall–Kier alpha value is -2.32. The van der Waals surface area contributed by atoms with Gasteiger partial charge >= 0.3 is 0 Å². The van der Waals surface area contributed by atoms with Crippen LogP contribution < -0.4 is 10.0 Å². The molecule has 134 valence electrons. The van der Waals surface area contributed by atoms with Crippen LogP contribution in [0.4, 0.5) is 14.5 Å². The van der Waals surface area contributed by atoms with Gasteiger partial charge in [0.2, 0.25) is 10.0 Å². The van der Waals surface area contributed by atoms with E-state index >= 15 is 0 Å². The summed E-state index contributed by atoms with van der Waals surface area (Å²) in [5.41, 5.74) is -0.159. The smallest absolute Gasteiger partial charge is 0.255 e. The highest BCUT2D eigenvalue weighted by atomic mass is 32.2. The Labute approximate surface area is 145 Å². The van der Waals surface area contributed by atoms with Crippen molar-refractivity contribution in [3.63, 3.8) is 0 Å². The number of carbonyl (C=O) groups excluding carboxylic acids is 1. The minimum Gasteiger partial charge on any atom is -0.319 e. The van der Waals surface area contributed by atoms with Gasteiger partial charge in [-0.3, -0.25) is 4.79 Å². The Morgan fingerprint density at radius 3 is 2.48 bits per heavy atom. The maximum Gasteiger partial charge on any atom is 0.255 e. The van der Waals surface area contributed by atoms with Crippen molar-refractivity contribution in [3.8, 4) is 0 Å². The predicted molar refractivity (Wildman–Crippen MR) is 90.8 cm³/mol. The van der Waals surface area contributed by atoms with E-state index in [0.29, 0.717) is 6.07 Å². The van der Waals surface area contributed by atoms with E-state index in [4.69, 9.17) is 0 Å². The molecule has 0 atom stereocenters. The third-order valence-electron chi connectivity index (χ3n) is 3.27. The lowest BCUT2D eigenvalue weighted by molar-refractivity contribution is 0.102. The number of anilines is 1. The van der Waals surface area contributed by atoms with Crippen LogP contribution in [0.3, 0.4) is 0 Å². The second-order valence-corrected chi connectivity index (χ2v) is 7.62. The minimum atomic E-state index is -3.75. The quantitative estimate of drug-likeness (QED) is 0.822. The summed E-state index contributed by atoms with van der Waals surface area (Å²) in [5.74, 6) is -2.26. The van der Waals surface area contributed by atoms with E-state index in [-0.39, 0.29) is 28.6 Å². The van der Waals surface area contributed by atoms with E-state index < -0.39 is 27.6 Å². The average molecular weight is 368 g/mol. The predicted octanol–water partition coefficient (Wildman–Crippen LogP) is 3.15. The van der Waals surface area contributed by atoms with Crippen molar-refractivity contribution >= 4 is 21.6 Å². The molecule has 0 aliphatic rings. The summed E-state index contributed by atoms with van der Waals surface area (Å²) >= 11 is 0. The summed E-state index contributed by atoms with van der Waals surface area (Å²) in [6.45, 7) is 3.99. The summed E-state index contributed by atoms with van der Waals surface area (Å²) in [6.07, 6.45) is 0. The first-order valence-corrected chi connectivity index (χ1v) is 9.03. The van der Waals surface area contributed by atoms with Gasteiger partial charge in [-0.15, -0.1) is 0 Å². The number of hydrogen-bond donors (Lipinski definition) is 2. The molecule has 0 unspecified atom stereocenters. The Balaban J connectivity index is 2.21. The van der Waals surface area contributed by atoms with Crippen molar-refractivity contribution in [2.24, 2.45) is 5.92 Å². The third-order valence-corrected chi connectivity index (χ3v) is 4.69. The van der Waals surface area contributed by atoms with Crippen molar-refractivity contribution in [2.75, 3.05) is 11.9 Å². The highest BCUT2D eigenvalue weighted by Gasteiger charge is 2.17. The summed E-state index contributed by atoms with van der Waals surface area (Å²) < 4.78 is 53.4. The highest BCUT2D eigenvalue weighted by molar-refractivity contribution is 7.89. The highest BCUT2D eigenvalue weighted by Crippen LogP contribution is 2.17. The van der Waals surface area contributed by atoms with Crippen molar-refractivity contribution in [3.05, 3.63) is 59.7 Å². The topological polar surface area (TPSA) is 75.3 Å². The zero-order valence-corrected chi connectivity index (χ0v) is 14.5. The average Bonchev–Trinajstić information content (AvgIpc) is 2.56.